The molecule has 1 saturated heterocycles. The molecule has 21 heavy (non-hydrogen) atoms. The lowest BCUT2D eigenvalue weighted by Gasteiger charge is -2.15. The minimum atomic E-state index is -0.650. The Morgan fingerprint density at radius 2 is 1.71 bits per heavy atom. The number of halogens is 1. The van der Waals surface area contributed by atoms with Gasteiger partial charge in [0, 0.05) is 0 Å². The van der Waals surface area contributed by atoms with Gasteiger partial charge in [-0.3, -0.25) is 14.4 Å². The molecule has 108 valence electrons. The van der Waals surface area contributed by atoms with Crippen LogP contribution in [-0.4, -0.2) is 17.7 Å². The average Bonchev–Trinajstić information content (AvgIpc) is 2.71. The largest absolute Gasteiger partial charge is 0.366 e. The van der Waals surface area contributed by atoms with Crippen LogP contribution in [0, 0.1) is 11.8 Å². The molecule has 2 unspecified atom stereocenters. The monoisotopic (exact) mass is 304 g/mol. The molecule has 2 N–H and O–H groups in total. The summed E-state index contributed by atoms with van der Waals surface area (Å²) in [5.41, 5.74) is 5.74. The predicted molar refractivity (Wildman–Crippen MR) is 77.8 cm³/mol. The van der Waals surface area contributed by atoms with Crippen LogP contribution in [-0.2, 0) is 9.59 Å². The Morgan fingerprint density at radius 3 is 2.19 bits per heavy atom. The van der Waals surface area contributed by atoms with Gasteiger partial charge in [-0.05, 0) is 31.0 Å². The molecular formula is C15H13ClN2O3. The van der Waals surface area contributed by atoms with Gasteiger partial charge in [0.1, 0.15) is 0 Å². The second kappa shape index (κ2) is 5.00. The number of rotatable bonds is 2. The SMILES string of the molecule is NC(=O)c1ccc(N2C(=O)C3CC=CCC3C2=O)cc1Cl. The van der Waals surface area contributed by atoms with Crippen molar-refractivity contribution in [3.63, 3.8) is 0 Å². The van der Waals surface area contributed by atoms with Gasteiger partial charge in [0.05, 0.1) is 28.1 Å². The van der Waals surface area contributed by atoms with Crippen molar-refractivity contribution in [2.24, 2.45) is 17.6 Å². The van der Waals surface area contributed by atoms with Gasteiger partial charge in [-0.25, -0.2) is 4.90 Å². The standard InChI is InChI=1S/C15H13ClN2O3/c16-12-7-8(5-6-11(12)13(17)19)18-14(20)9-3-1-2-4-10(9)15(18)21/h1-2,5-7,9-10H,3-4H2,(H2,17,19). The third kappa shape index (κ3) is 2.14. The van der Waals surface area contributed by atoms with Crippen molar-refractivity contribution in [3.8, 4) is 0 Å². The fraction of sp³-hybridized carbons (Fsp3) is 0.267. The summed E-state index contributed by atoms with van der Waals surface area (Å²) in [6.45, 7) is 0. The lowest BCUT2D eigenvalue weighted by atomic mass is 9.85. The van der Waals surface area contributed by atoms with Gasteiger partial charge in [-0.1, -0.05) is 23.8 Å². The van der Waals surface area contributed by atoms with E-state index in [1.165, 1.54) is 23.1 Å². The number of anilines is 1. The number of fused-ring (bicyclic) bond motifs is 1. The molecule has 3 amide bonds. The molecule has 3 rings (SSSR count). The molecule has 1 aromatic carbocycles. The normalized spacial score (nSPS) is 24.3. The minimum Gasteiger partial charge on any atom is -0.366 e. The highest BCUT2D eigenvalue weighted by molar-refractivity contribution is 6.34. The van der Waals surface area contributed by atoms with E-state index in [1.54, 1.807) is 0 Å². The van der Waals surface area contributed by atoms with Crippen molar-refractivity contribution in [3.05, 3.63) is 40.9 Å². The molecule has 0 saturated carbocycles. The van der Waals surface area contributed by atoms with Crippen molar-refractivity contribution in [2.45, 2.75) is 12.8 Å². The van der Waals surface area contributed by atoms with E-state index in [-0.39, 0.29) is 34.2 Å². The smallest absolute Gasteiger partial charge is 0.250 e. The summed E-state index contributed by atoms with van der Waals surface area (Å²) in [5, 5.41) is 0.133. The molecule has 2 aliphatic rings. The number of benzene rings is 1. The van der Waals surface area contributed by atoms with Crippen molar-refractivity contribution in [2.75, 3.05) is 4.90 Å². The molecule has 0 bridgehead atoms. The Morgan fingerprint density at radius 1 is 1.14 bits per heavy atom. The van der Waals surface area contributed by atoms with E-state index in [2.05, 4.69) is 0 Å². The van der Waals surface area contributed by atoms with E-state index in [0.29, 0.717) is 18.5 Å². The van der Waals surface area contributed by atoms with Crippen LogP contribution in [0.4, 0.5) is 5.69 Å². The molecule has 0 radical (unpaired) electrons. The second-order valence-electron chi connectivity index (χ2n) is 5.20. The molecule has 0 spiro atoms. The van der Waals surface area contributed by atoms with Crippen LogP contribution in [0.2, 0.25) is 5.02 Å². The van der Waals surface area contributed by atoms with E-state index >= 15 is 0 Å². The lowest BCUT2D eigenvalue weighted by Crippen LogP contribution is -2.31. The first-order chi connectivity index (χ1) is 10.0. The fourth-order valence-electron chi connectivity index (χ4n) is 2.90. The zero-order valence-corrected chi connectivity index (χ0v) is 11.8. The second-order valence-corrected chi connectivity index (χ2v) is 5.60. The molecule has 1 aliphatic heterocycles. The van der Waals surface area contributed by atoms with Gasteiger partial charge in [-0.15, -0.1) is 0 Å². The lowest BCUT2D eigenvalue weighted by molar-refractivity contribution is -0.122. The van der Waals surface area contributed by atoms with Crippen LogP contribution in [0.3, 0.4) is 0 Å². The first-order valence-electron chi connectivity index (χ1n) is 6.63. The number of primary amides is 1. The van der Waals surface area contributed by atoms with Gasteiger partial charge in [0.15, 0.2) is 0 Å². The Labute approximate surface area is 126 Å². The van der Waals surface area contributed by atoms with Gasteiger partial charge in [0.2, 0.25) is 17.7 Å². The summed E-state index contributed by atoms with van der Waals surface area (Å²) < 4.78 is 0. The van der Waals surface area contributed by atoms with E-state index < -0.39 is 5.91 Å². The van der Waals surface area contributed by atoms with Crippen molar-refractivity contribution in [1.82, 2.24) is 0 Å². The van der Waals surface area contributed by atoms with Gasteiger partial charge < -0.3 is 5.73 Å². The van der Waals surface area contributed by atoms with E-state index in [1.807, 2.05) is 12.2 Å². The zero-order chi connectivity index (χ0) is 15.1. The summed E-state index contributed by atoms with van der Waals surface area (Å²) in [6.07, 6.45) is 5.02. The third-order valence-corrected chi connectivity index (χ3v) is 4.30. The Hall–Kier alpha value is -2.14. The average molecular weight is 305 g/mol. The summed E-state index contributed by atoms with van der Waals surface area (Å²) in [5.74, 6) is -1.66. The summed E-state index contributed by atoms with van der Waals surface area (Å²) in [7, 11) is 0. The molecule has 1 heterocycles. The number of nitrogens with two attached hydrogens (primary N) is 1. The fourth-order valence-corrected chi connectivity index (χ4v) is 3.17. The van der Waals surface area contributed by atoms with E-state index in [0.717, 1.165) is 0 Å². The Balaban J connectivity index is 1.98. The minimum absolute atomic E-state index is 0.133. The highest BCUT2D eigenvalue weighted by Crippen LogP contribution is 2.38. The van der Waals surface area contributed by atoms with Crippen molar-refractivity contribution in [1.29, 1.82) is 0 Å². The molecule has 6 heteroatoms. The molecular weight excluding hydrogens is 292 g/mol. The van der Waals surface area contributed by atoms with Crippen LogP contribution in [0.1, 0.15) is 23.2 Å². The number of hydrogen-bond donors (Lipinski definition) is 1. The first kappa shape index (κ1) is 13.8. The maximum atomic E-state index is 12.4. The number of allylic oxidation sites excluding steroid dienone is 2. The topological polar surface area (TPSA) is 80.5 Å². The van der Waals surface area contributed by atoms with Crippen LogP contribution < -0.4 is 10.6 Å². The van der Waals surface area contributed by atoms with Crippen LogP contribution in [0.25, 0.3) is 0 Å². The third-order valence-electron chi connectivity index (χ3n) is 3.98. The molecule has 5 nitrogen and oxygen atoms in total. The molecule has 0 aromatic heterocycles. The maximum Gasteiger partial charge on any atom is 0.250 e. The molecule has 1 aliphatic carbocycles. The van der Waals surface area contributed by atoms with Crippen LogP contribution in [0.5, 0.6) is 0 Å². The van der Waals surface area contributed by atoms with Gasteiger partial charge in [0.25, 0.3) is 0 Å². The Kier molecular flexibility index (Phi) is 3.29. The highest BCUT2D eigenvalue weighted by atomic mass is 35.5. The predicted octanol–water partition coefficient (Wildman–Crippen LogP) is 1.89. The van der Waals surface area contributed by atoms with Crippen molar-refractivity contribution >= 4 is 35.0 Å². The molecule has 1 fully saturated rings. The number of amides is 3. The van der Waals surface area contributed by atoms with Gasteiger partial charge in [-0.2, -0.15) is 0 Å². The first-order valence-corrected chi connectivity index (χ1v) is 7.00. The summed E-state index contributed by atoms with van der Waals surface area (Å²) in [4.78, 5) is 37.2. The van der Waals surface area contributed by atoms with E-state index in [4.69, 9.17) is 17.3 Å². The summed E-state index contributed by atoms with van der Waals surface area (Å²) in [6, 6.07) is 4.38. The Bertz CT molecular complexity index is 657. The van der Waals surface area contributed by atoms with E-state index in [9.17, 15) is 14.4 Å². The zero-order valence-electron chi connectivity index (χ0n) is 11.1. The van der Waals surface area contributed by atoms with Crippen LogP contribution >= 0.6 is 11.6 Å². The van der Waals surface area contributed by atoms with Crippen molar-refractivity contribution < 1.29 is 14.4 Å². The summed E-state index contributed by atoms with van der Waals surface area (Å²) >= 11 is 5.99. The van der Waals surface area contributed by atoms with Crippen LogP contribution in [0.15, 0.2) is 30.4 Å². The maximum absolute atomic E-state index is 12.4. The van der Waals surface area contributed by atoms with Gasteiger partial charge >= 0.3 is 0 Å². The number of nitrogens with zero attached hydrogens (tertiary/aromatic N) is 1. The highest BCUT2D eigenvalue weighted by Gasteiger charge is 2.47. The number of hydrogen-bond acceptors (Lipinski definition) is 3. The quantitative estimate of drug-likeness (QED) is 0.669. The number of carbonyl (C=O) groups excluding carboxylic acids is 3. The number of carbonyl (C=O) groups is 3. The number of imide groups is 1. The molecule has 1 aromatic rings. The molecule has 2 atom stereocenters.